The molecule has 0 aromatic heterocycles. The third kappa shape index (κ3) is 2.89. The third-order valence-electron chi connectivity index (χ3n) is 3.12. The molecule has 0 heterocycles. The smallest absolute Gasteiger partial charge is 0.171 e. The lowest BCUT2D eigenvalue weighted by Gasteiger charge is -2.32. The van der Waals surface area contributed by atoms with Gasteiger partial charge in [-0.05, 0) is 24.7 Å². The van der Waals surface area contributed by atoms with Gasteiger partial charge in [0.1, 0.15) is 0 Å². The van der Waals surface area contributed by atoms with Crippen LogP contribution in [0.25, 0.3) is 0 Å². The Morgan fingerprint density at radius 2 is 1.77 bits per heavy atom. The molecule has 0 aromatic carbocycles. The highest BCUT2D eigenvalue weighted by Gasteiger charge is 2.42. The maximum atomic E-state index is 12.4. The van der Waals surface area contributed by atoms with Crippen LogP contribution in [0.4, 0.5) is 13.2 Å². The number of hydrogen-bond donors (Lipinski definition) is 0. The number of halogens is 3. The van der Waals surface area contributed by atoms with Crippen molar-refractivity contribution in [2.75, 3.05) is 0 Å². The van der Waals surface area contributed by atoms with Gasteiger partial charge in [0.25, 0.3) is 0 Å². The third-order valence-corrected chi connectivity index (χ3v) is 3.12. The summed E-state index contributed by atoms with van der Waals surface area (Å²) < 4.78 is 37.1. The summed E-state index contributed by atoms with van der Waals surface area (Å²) in [5.74, 6) is -0.362. The van der Waals surface area contributed by atoms with Crippen LogP contribution in [0.2, 0.25) is 0 Å². The standard InChI is InChI=1S/C10H17F3/c1-7(2)8-4-3-5-9(6-8)10(11,12)13/h7-9H,3-6H2,1-2H3/t8?,9-/m1/s1. The molecule has 1 saturated carbocycles. The summed E-state index contributed by atoms with van der Waals surface area (Å²) in [5.41, 5.74) is 0. The lowest BCUT2D eigenvalue weighted by molar-refractivity contribution is -0.186. The molecule has 0 aliphatic heterocycles. The maximum absolute atomic E-state index is 12.4. The Balaban J connectivity index is 2.52. The van der Waals surface area contributed by atoms with E-state index in [2.05, 4.69) is 0 Å². The van der Waals surface area contributed by atoms with Gasteiger partial charge in [-0.2, -0.15) is 13.2 Å². The molecule has 1 rings (SSSR count). The molecule has 13 heavy (non-hydrogen) atoms. The van der Waals surface area contributed by atoms with Gasteiger partial charge in [-0.15, -0.1) is 0 Å². The molecular formula is C10H17F3. The van der Waals surface area contributed by atoms with E-state index in [1.54, 1.807) is 0 Å². The van der Waals surface area contributed by atoms with E-state index in [1.165, 1.54) is 0 Å². The van der Waals surface area contributed by atoms with Crippen LogP contribution in [0.15, 0.2) is 0 Å². The predicted molar refractivity (Wildman–Crippen MR) is 46.3 cm³/mol. The average molecular weight is 194 g/mol. The lowest BCUT2D eigenvalue weighted by atomic mass is 9.76. The monoisotopic (exact) mass is 194 g/mol. The number of alkyl halides is 3. The zero-order valence-corrected chi connectivity index (χ0v) is 8.19. The first-order valence-electron chi connectivity index (χ1n) is 4.98. The van der Waals surface area contributed by atoms with Crippen molar-refractivity contribution in [2.45, 2.75) is 45.7 Å². The van der Waals surface area contributed by atoms with Crippen LogP contribution < -0.4 is 0 Å². The van der Waals surface area contributed by atoms with Gasteiger partial charge < -0.3 is 0 Å². The molecule has 1 unspecified atom stereocenters. The molecule has 0 radical (unpaired) electrons. The normalized spacial score (nSPS) is 30.9. The van der Waals surface area contributed by atoms with Crippen molar-refractivity contribution in [3.8, 4) is 0 Å². The highest BCUT2D eigenvalue weighted by molar-refractivity contribution is 4.79. The van der Waals surface area contributed by atoms with Crippen molar-refractivity contribution in [3.63, 3.8) is 0 Å². The van der Waals surface area contributed by atoms with Crippen LogP contribution in [-0.4, -0.2) is 6.18 Å². The van der Waals surface area contributed by atoms with Gasteiger partial charge in [-0.25, -0.2) is 0 Å². The first-order valence-corrected chi connectivity index (χ1v) is 4.98. The summed E-state index contributed by atoms with van der Waals surface area (Å²) in [6, 6.07) is 0. The molecule has 2 atom stereocenters. The van der Waals surface area contributed by atoms with Crippen LogP contribution in [0.1, 0.15) is 39.5 Å². The van der Waals surface area contributed by atoms with Crippen molar-refractivity contribution in [3.05, 3.63) is 0 Å². The summed E-state index contributed by atoms with van der Waals surface area (Å²) in [4.78, 5) is 0. The Hall–Kier alpha value is -0.210. The van der Waals surface area contributed by atoms with E-state index in [4.69, 9.17) is 0 Å². The molecule has 0 amide bonds. The maximum Gasteiger partial charge on any atom is 0.391 e. The summed E-state index contributed by atoms with van der Waals surface area (Å²) >= 11 is 0. The summed E-state index contributed by atoms with van der Waals surface area (Å²) in [7, 11) is 0. The Kier molecular flexibility index (Phi) is 3.25. The molecule has 78 valence electrons. The van der Waals surface area contributed by atoms with Gasteiger partial charge in [-0.1, -0.05) is 26.7 Å². The van der Waals surface area contributed by atoms with Crippen molar-refractivity contribution in [2.24, 2.45) is 17.8 Å². The Morgan fingerprint density at radius 1 is 1.15 bits per heavy atom. The van der Waals surface area contributed by atoms with E-state index in [0.29, 0.717) is 18.8 Å². The Morgan fingerprint density at radius 3 is 2.23 bits per heavy atom. The average Bonchev–Trinajstić information content (AvgIpc) is 2.03. The second kappa shape index (κ2) is 3.89. The first-order chi connectivity index (χ1) is 5.91. The molecule has 0 saturated heterocycles. The van der Waals surface area contributed by atoms with Crippen LogP contribution in [0.5, 0.6) is 0 Å². The van der Waals surface area contributed by atoms with E-state index >= 15 is 0 Å². The first kappa shape index (κ1) is 10.9. The molecule has 1 aliphatic carbocycles. The molecule has 0 aromatic rings. The van der Waals surface area contributed by atoms with E-state index in [1.807, 2.05) is 13.8 Å². The molecule has 0 bridgehead atoms. The van der Waals surface area contributed by atoms with Crippen LogP contribution in [-0.2, 0) is 0 Å². The van der Waals surface area contributed by atoms with Crippen molar-refractivity contribution >= 4 is 0 Å². The van der Waals surface area contributed by atoms with E-state index in [-0.39, 0.29) is 5.92 Å². The molecular weight excluding hydrogens is 177 g/mol. The predicted octanol–water partition coefficient (Wildman–Crippen LogP) is 4.01. The number of rotatable bonds is 1. The summed E-state index contributed by atoms with van der Waals surface area (Å²) in [6.45, 7) is 4.03. The second-order valence-electron chi connectivity index (χ2n) is 4.41. The minimum atomic E-state index is -3.96. The fourth-order valence-electron chi connectivity index (χ4n) is 2.13. The minimum absolute atomic E-state index is 0.278. The summed E-state index contributed by atoms with van der Waals surface area (Å²) in [6.07, 6.45) is -1.56. The fraction of sp³-hybridized carbons (Fsp3) is 1.00. The van der Waals surface area contributed by atoms with Crippen LogP contribution in [0.3, 0.4) is 0 Å². The van der Waals surface area contributed by atoms with Gasteiger partial charge in [0.05, 0.1) is 5.92 Å². The van der Waals surface area contributed by atoms with Gasteiger partial charge in [0, 0.05) is 0 Å². The van der Waals surface area contributed by atoms with Gasteiger partial charge in [0.2, 0.25) is 0 Å². The lowest BCUT2D eigenvalue weighted by Crippen LogP contribution is -2.30. The molecule has 0 N–H and O–H groups in total. The summed E-state index contributed by atoms with van der Waals surface area (Å²) in [5, 5.41) is 0. The molecule has 0 spiro atoms. The molecule has 3 heteroatoms. The Bertz CT molecular complexity index is 160. The van der Waals surface area contributed by atoms with Crippen LogP contribution in [0, 0.1) is 17.8 Å². The zero-order valence-electron chi connectivity index (χ0n) is 8.19. The van der Waals surface area contributed by atoms with Gasteiger partial charge in [0.15, 0.2) is 0 Å². The highest BCUT2D eigenvalue weighted by Crippen LogP contribution is 2.41. The highest BCUT2D eigenvalue weighted by atomic mass is 19.4. The molecule has 1 fully saturated rings. The van der Waals surface area contributed by atoms with Gasteiger partial charge >= 0.3 is 6.18 Å². The quantitative estimate of drug-likeness (QED) is 0.591. The topological polar surface area (TPSA) is 0 Å². The Labute approximate surface area is 77.5 Å². The van der Waals surface area contributed by atoms with Gasteiger partial charge in [-0.3, -0.25) is 0 Å². The molecule has 1 aliphatic rings. The minimum Gasteiger partial charge on any atom is -0.171 e. The van der Waals surface area contributed by atoms with Crippen molar-refractivity contribution < 1.29 is 13.2 Å². The zero-order chi connectivity index (χ0) is 10.1. The van der Waals surface area contributed by atoms with Crippen molar-refractivity contribution in [1.29, 1.82) is 0 Å². The van der Waals surface area contributed by atoms with E-state index < -0.39 is 12.1 Å². The van der Waals surface area contributed by atoms with E-state index in [9.17, 15) is 13.2 Å². The van der Waals surface area contributed by atoms with Crippen molar-refractivity contribution in [1.82, 2.24) is 0 Å². The second-order valence-corrected chi connectivity index (χ2v) is 4.41. The molecule has 0 nitrogen and oxygen atoms in total. The number of hydrogen-bond acceptors (Lipinski definition) is 0. The largest absolute Gasteiger partial charge is 0.391 e. The fourth-order valence-corrected chi connectivity index (χ4v) is 2.13. The SMILES string of the molecule is CC(C)C1CCC[C@@H](C(F)(F)F)C1. The van der Waals surface area contributed by atoms with Crippen LogP contribution >= 0.6 is 0 Å². The van der Waals surface area contributed by atoms with E-state index in [0.717, 1.165) is 12.8 Å².